The molecule has 0 bridgehead atoms. The zero-order chi connectivity index (χ0) is 21.3. The third-order valence-electron chi connectivity index (χ3n) is 4.92. The van der Waals surface area contributed by atoms with Crippen LogP contribution in [0.5, 0.6) is 0 Å². The number of hydrogen-bond acceptors (Lipinski definition) is 6. The minimum Gasteiger partial charge on any atom is -0.394 e. The molecule has 1 aliphatic rings. The number of aromatic amines is 1. The van der Waals surface area contributed by atoms with Gasteiger partial charge in [-0.2, -0.15) is 0 Å². The molecule has 3 atom stereocenters. The molecule has 0 aliphatic carbocycles. The summed E-state index contributed by atoms with van der Waals surface area (Å²) in [6.07, 6.45) is 3.81. The summed E-state index contributed by atoms with van der Waals surface area (Å²) in [6, 6.07) is 6.87. The summed E-state index contributed by atoms with van der Waals surface area (Å²) in [6.45, 7) is -0.260. The lowest BCUT2D eigenvalue weighted by Crippen LogP contribution is -2.33. The van der Waals surface area contributed by atoms with Crippen LogP contribution in [-0.4, -0.2) is 42.4 Å². The molecule has 3 heterocycles. The van der Waals surface area contributed by atoms with E-state index >= 15 is 0 Å². The zero-order valence-corrected chi connectivity index (χ0v) is 17.8. The highest BCUT2D eigenvalue weighted by molar-refractivity contribution is 9.11. The number of aliphatic hydroxyl groups is 1. The van der Waals surface area contributed by atoms with Crippen LogP contribution in [0.15, 0.2) is 51.2 Å². The Kier molecular flexibility index (Phi) is 6.00. The Morgan fingerprint density at radius 3 is 2.77 bits per heavy atom. The number of H-pyrrole nitrogens is 1. The van der Waals surface area contributed by atoms with Crippen LogP contribution in [0.25, 0.3) is 17.3 Å². The van der Waals surface area contributed by atoms with E-state index < -0.39 is 23.6 Å². The molecule has 0 radical (unpaired) electrons. The first kappa shape index (κ1) is 20.7. The van der Waals surface area contributed by atoms with E-state index in [1.165, 1.54) is 21.8 Å². The molecule has 30 heavy (non-hydrogen) atoms. The van der Waals surface area contributed by atoms with Crippen molar-refractivity contribution in [1.82, 2.24) is 24.5 Å². The Balaban J connectivity index is 1.63. The number of aliphatic hydroxyl groups excluding tert-OH is 1. The molecule has 3 aromatic rings. The van der Waals surface area contributed by atoms with Crippen LogP contribution in [-0.2, 0) is 4.74 Å². The van der Waals surface area contributed by atoms with Gasteiger partial charge in [-0.15, -0.1) is 5.10 Å². The minimum atomic E-state index is -0.679. The molecule has 1 aromatic carbocycles. The van der Waals surface area contributed by atoms with Crippen LogP contribution in [0.4, 0.5) is 0 Å². The number of hydrogen-bond donors (Lipinski definition) is 2. The molecule has 1 aliphatic heterocycles. The fourth-order valence-electron chi connectivity index (χ4n) is 3.42. The lowest BCUT2D eigenvalue weighted by Gasteiger charge is -2.15. The van der Waals surface area contributed by atoms with Crippen LogP contribution < -0.4 is 11.2 Å². The van der Waals surface area contributed by atoms with E-state index in [0.717, 1.165) is 5.56 Å². The molecule has 1 fully saturated rings. The predicted octanol–water partition coefficient (Wildman–Crippen LogP) is 2.34. The van der Waals surface area contributed by atoms with Gasteiger partial charge >= 0.3 is 5.69 Å². The maximum atomic E-state index is 12.3. The summed E-state index contributed by atoms with van der Waals surface area (Å²) < 4.78 is 8.83. The average Bonchev–Trinajstić information content (AvgIpc) is 3.37. The van der Waals surface area contributed by atoms with Crippen molar-refractivity contribution in [3.8, 4) is 11.3 Å². The van der Waals surface area contributed by atoms with E-state index in [0.29, 0.717) is 22.7 Å². The van der Waals surface area contributed by atoms with Gasteiger partial charge in [0.1, 0.15) is 18.0 Å². The molecule has 2 aromatic heterocycles. The number of halogens is 2. The van der Waals surface area contributed by atoms with Crippen molar-refractivity contribution in [2.24, 2.45) is 0 Å². The van der Waals surface area contributed by atoms with Gasteiger partial charge in [0.25, 0.3) is 5.56 Å². The fraction of sp³-hybridized carbons (Fsp3) is 0.263. The van der Waals surface area contributed by atoms with E-state index in [-0.39, 0.29) is 12.6 Å². The molecule has 0 saturated carbocycles. The quantitative estimate of drug-likeness (QED) is 0.563. The van der Waals surface area contributed by atoms with Crippen LogP contribution in [0.2, 0.25) is 5.02 Å². The van der Waals surface area contributed by atoms with Crippen molar-refractivity contribution in [3.63, 3.8) is 0 Å². The third-order valence-corrected chi connectivity index (χ3v) is 5.44. The van der Waals surface area contributed by atoms with E-state index in [1.54, 1.807) is 23.0 Å². The molecular formula is C19H17BrClN5O4. The molecule has 156 valence electrons. The number of benzene rings is 1. The lowest BCUT2D eigenvalue weighted by atomic mass is 10.1. The first-order valence-corrected chi connectivity index (χ1v) is 10.4. The zero-order valence-electron chi connectivity index (χ0n) is 15.5. The Bertz CT molecular complexity index is 1190. The van der Waals surface area contributed by atoms with Crippen LogP contribution in [0, 0.1) is 0 Å². The standard InChI is InChI=1S/C19H17BrClN5O4/c20-6-5-12-8-25(19(29)22-18(12)28)17-7-15(16(10-27)30-17)26-9-14(23-24-26)11-1-3-13(21)4-2-11/h1-6,8-9,15-17,27H,7,10H2,(H,22,28,29)/b6-5+/t15-,16+,17+/m0/s1. The third kappa shape index (κ3) is 4.04. The molecule has 0 spiro atoms. The maximum absolute atomic E-state index is 12.3. The van der Waals surface area contributed by atoms with Crippen molar-refractivity contribution < 1.29 is 9.84 Å². The SMILES string of the molecule is O=c1[nH]c(=O)n([C@H]2C[C@H](n3cc(-c4ccc(Cl)cc4)nn3)[C@@H](CO)O2)cc1/C=C/Br. The van der Waals surface area contributed by atoms with Gasteiger partial charge in [-0.1, -0.05) is 44.9 Å². The molecule has 2 N–H and O–H groups in total. The number of rotatable bonds is 5. The molecule has 0 unspecified atom stereocenters. The molecule has 9 nitrogen and oxygen atoms in total. The van der Waals surface area contributed by atoms with Crippen molar-refractivity contribution in [2.75, 3.05) is 6.61 Å². The smallest absolute Gasteiger partial charge is 0.330 e. The molecule has 0 amide bonds. The lowest BCUT2D eigenvalue weighted by molar-refractivity contribution is -0.0323. The van der Waals surface area contributed by atoms with Crippen molar-refractivity contribution in [3.05, 3.63) is 73.1 Å². The molecule has 4 rings (SSSR count). The highest BCUT2D eigenvalue weighted by Gasteiger charge is 2.38. The summed E-state index contributed by atoms with van der Waals surface area (Å²) in [4.78, 5) is 28.0. The molecule has 1 saturated heterocycles. The minimum absolute atomic E-state index is 0.260. The Morgan fingerprint density at radius 2 is 2.07 bits per heavy atom. The van der Waals surface area contributed by atoms with Gasteiger partial charge in [-0.3, -0.25) is 14.3 Å². The fourth-order valence-corrected chi connectivity index (χ4v) is 3.83. The van der Waals surface area contributed by atoms with Gasteiger partial charge in [0.05, 0.1) is 24.4 Å². The highest BCUT2D eigenvalue weighted by Crippen LogP contribution is 2.36. The van der Waals surface area contributed by atoms with E-state index in [1.807, 2.05) is 12.1 Å². The topological polar surface area (TPSA) is 115 Å². The first-order chi connectivity index (χ1) is 14.5. The number of aromatic nitrogens is 5. The summed E-state index contributed by atoms with van der Waals surface area (Å²) in [5.74, 6) is 0. The van der Waals surface area contributed by atoms with Gasteiger partial charge < -0.3 is 9.84 Å². The summed E-state index contributed by atoms with van der Waals surface area (Å²) in [7, 11) is 0. The van der Waals surface area contributed by atoms with Crippen molar-refractivity contribution in [1.29, 1.82) is 0 Å². The van der Waals surface area contributed by atoms with Gasteiger partial charge in [0.15, 0.2) is 0 Å². The number of nitrogens with one attached hydrogen (secondary N) is 1. The van der Waals surface area contributed by atoms with E-state index in [9.17, 15) is 14.7 Å². The number of ether oxygens (including phenoxy) is 1. The highest BCUT2D eigenvalue weighted by atomic mass is 79.9. The largest absolute Gasteiger partial charge is 0.394 e. The summed E-state index contributed by atoms with van der Waals surface area (Å²) in [5.41, 5.74) is 0.714. The van der Waals surface area contributed by atoms with Gasteiger partial charge in [-0.25, -0.2) is 9.48 Å². The Morgan fingerprint density at radius 1 is 1.30 bits per heavy atom. The number of nitrogens with zero attached hydrogens (tertiary/aromatic N) is 4. The second-order valence-corrected chi connectivity index (χ2v) is 7.71. The maximum Gasteiger partial charge on any atom is 0.330 e. The Labute approximate surface area is 183 Å². The van der Waals surface area contributed by atoms with E-state index in [2.05, 4.69) is 31.2 Å². The molecular weight excluding hydrogens is 478 g/mol. The second kappa shape index (κ2) is 8.68. The monoisotopic (exact) mass is 493 g/mol. The average molecular weight is 495 g/mol. The summed E-state index contributed by atoms with van der Waals surface area (Å²) >= 11 is 9.05. The second-order valence-electron chi connectivity index (χ2n) is 6.75. The van der Waals surface area contributed by atoms with Crippen LogP contribution in [0.3, 0.4) is 0 Å². The Hall–Kier alpha value is -2.53. The van der Waals surface area contributed by atoms with Crippen molar-refractivity contribution >= 4 is 33.6 Å². The predicted molar refractivity (Wildman–Crippen MR) is 114 cm³/mol. The van der Waals surface area contributed by atoms with Gasteiger partial charge in [0.2, 0.25) is 0 Å². The normalized spacial score (nSPS) is 21.5. The van der Waals surface area contributed by atoms with Crippen molar-refractivity contribution in [2.45, 2.75) is 24.8 Å². The van der Waals surface area contributed by atoms with Crippen LogP contribution >= 0.6 is 27.5 Å². The summed E-state index contributed by atoms with van der Waals surface area (Å²) in [5, 5.41) is 18.8. The van der Waals surface area contributed by atoms with Gasteiger partial charge in [0, 0.05) is 23.2 Å². The van der Waals surface area contributed by atoms with Gasteiger partial charge in [-0.05, 0) is 23.2 Å². The van der Waals surface area contributed by atoms with Crippen LogP contribution in [0.1, 0.15) is 24.3 Å². The first-order valence-electron chi connectivity index (χ1n) is 9.06. The molecule has 11 heteroatoms. The van der Waals surface area contributed by atoms with E-state index in [4.69, 9.17) is 16.3 Å².